The molecule has 0 radical (unpaired) electrons. The largest absolute Gasteiger partial charge is 0.383 e. The number of amides is 2. The number of carbonyl (C=O) groups excluding carboxylic acids is 2. The summed E-state index contributed by atoms with van der Waals surface area (Å²) in [6, 6.07) is 15.4. The van der Waals surface area contributed by atoms with Crippen LogP contribution in [-0.2, 0) is 30.9 Å². The number of rotatable bonds is 12. The zero-order valence-electron chi connectivity index (χ0n) is 22.0. The highest BCUT2D eigenvalue weighted by atomic mass is 32.2. The van der Waals surface area contributed by atoms with E-state index in [0.717, 1.165) is 9.87 Å². The number of hydrogen-bond acceptors (Lipinski definition) is 5. The van der Waals surface area contributed by atoms with Gasteiger partial charge in [-0.2, -0.15) is 4.31 Å². The molecule has 0 spiro atoms. The van der Waals surface area contributed by atoms with Crippen molar-refractivity contribution in [1.29, 1.82) is 0 Å². The van der Waals surface area contributed by atoms with Crippen LogP contribution in [0, 0.1) is 5.82 Å². The van der Waals surface area contributed by atoms with Gasteiger partial charge in [0.25, 0.3) is 0 Å². The maximum Gasteiger partial charge on any atom is 0.246 e. The van der Waals surface area contributed by atoms with Gasteiger partial charge in [-0.25, -0.2) is 12.8 Å². The fourth-order valence-electron chi connectivity index (χ4n) is 4.42. The summed E-state index contributed by atoms with van der Waals surface area (Å²) in [6.45, 7) is 2.48. The minimum Gasteiger partial charge on any atom is -0.383 e. The molecule has 1 heterocycles. The molecule has 1 aliphatic heterocycles. The van der Waals surface area contributed by atoms with E-state index in [1.807, 2.05) is 30.3 Å². The molecule has 0 atom stereocenters. The summed E-state index contributed by atoms with van der Waals surface area (Å²) in [4.78, 5) is 29.6. The smallest absolute Gasteiger partial charge is 0.246 e. The molecule has 2 aromatic rings. The second kappa shape index (κ2) is 14.2. The summed E-state index contributed by atoms with van der Waals surface area (Å²) in [5.74, 6) is -1.01. The van der Waals surface area contributed by atoms with Crippen LogP contribution in [0.15, 0.2) is 60.7 Å². The molecule has 2 amide bonds. The number of hydrogen-bond donors (Lipinski definition) is 0. The van der Waals surface area contributed by atoms with Crippen molar-refractivity contribution in [2.24, 2.45) is 0 Å². The Morgan fingerprint density at radius 1 is 1.11 bits per heavy atom. The molecule has 206 valence electrons. The average molecular weight is 546 g/mol. The molecule has 2 aromatic carbocycles. The molecule has 0 saturated carbocycles. The van der Waals surface area contributed by atoms with Gasteiger partial charge in [0.05, 0.1) is 18.9 Å². The molecule has 0 unspecified atom stereocenters. The lowest BCUT2D eigenvalue weighted by atomic mass is 10.0. The Kier molecular flexibility index (Phi) is 11.0. The molecule has 1 fully saturated rings. The van der Waals surface area contributed by atoms with Gasteiger partial charge < -0.3 is 14.5 Å². The van der Waals surface area contributed by atoms with Crippen LogP contribution in [0.5, 0.6) is 0 Å². The summed E-state index contributed by atoms with van der Waals surface area (Å²) < 4.78 is 45.3. The van der Waals surface area contributed by atoms with E-state index in [-0.39, 0.29) is 49.9 Å². The zero-order chi connectivity index (χ0) is 27.5. The first-order valence-electron chi connectivity index (χ1n) is 12.8. The number of piperidine rings is 1. The van der Waals surface area contributed by atoms with E-state index in [2.05, 4.69) is 0 Å². The Bertz CT molecular complexity index is 1200. The minimum atomic E-state index is -3.64. The van der Waals surface area contributed by atoms with Crippen molar-refractivity contribution >= 4 is 27.9 Å². The van der Waals surface area contributed by atoms with E-state index in [1.165, 1.54) is 26.2 Å². The molecular weight excluding hydrogens is 509 g/mol. The number of ether oxygens (including phenoxy) is 1. The molecule has 0 bridgehead atoms. The van der Waals surface area contributed by atoms with Gasteiger partial charge in [0.15, 0.2) is 0 Å². The van der Waals surface area contributed by atoms with Gasteiger partial charge in [0.2, 0.25) is 21.8 Å². The predicted molar refractivity (Wildman–Crippen MR) is 145 cm³/mol. The Labute approximate surface area is 224 Å². The standard InChI is InChI=1S/C28H36FN3O5S/c1-3-38(35,36)31(18-19-37-2)22-28(34)32(21-24-10-7-11-25(29)20-24)26-14-16-30(17-15-26)27(33)13-12-23-8-5-4-6-9-23/h4-13,20,26H,3,14-19,21-22H2,1-2H3. The Balaban J connectivity index is 1.73. The topological polar surface area (TPSA) is 87.2 Å². The van der Waals surface area contributed by atoms with Crippen molar-refractivity contribution in [3.8, 4) is 0 Å². The van der Waals surface area contributed by atoms with E-state index in [1.54, 1.807) is 34.1 Å². The van der Waals surface area contributed by atoms with E-state index in [4.69, 9.17) is 4.74 Å². The van der Waals surface area contributed by atoms with E-state index < -0.39 is 15.8 Å². The zero-order valence-corrected chi connectivity index (χ0v) is 22.8. The lowest BCUT2D eigenvalue weighted by Gasteiger charge is -2.39. The monoisotopic (exact) mass is 545 g/mol. The summed E-state index contributed by atoms with van der Waals surface area (Å²) in [6.07, 6.45) is 4.39. The lowest BCUT2D eigenvalue weighted by Crippen LogP contribution is -2.51. The van der Waals surface area contributed by atoms with Crippen LogP contribution in [0.3, 0.4) is 0 Å². The highest BCUT2D eigenvalue weighted by molar-refractivity contribution is 7.89. The van der Waals surface area contributed by atoms with Crippen molar-refractivity contribution in [3.63, 3.8) is 0 Å². The Hall–Kier alpha value is -3.08. The van der Waals surface area contributed by atoms with Crippen LogP contribution in [0.25, 0.3) is 6.08 Å². The normalized spacial score (nSPS) is 14.8. The van der Waals surface area contributed by atoms with Crippen LogP contribution in [-0.4, -0.2) is 86.0 Å². The van der Waals surface area contributed by atoms with Crippen molar-refractivity contribution in [2.45, 2.75) is 32.4 Å². The average Bonchev–Trinajstić information content (AvgIpc) is 2.93. The van der Waals surface area contributed by atoms with E-state index >= 15 is 0 Å². The fourth-order valence-corrected chi connectivity index (χ4v) is 5.45. The van der Waals surface area contributed by atoms with E-state index in [9.17, 15) is 22.4 Å². The number of likely N-dealkylation sites (tertiary alicyclic amines) is 1. The van der Waals surface area contributed by atoms with Gasteiger partial charge in [0.1, 0.15) is 5.82 Å². The third-order valence-corrected chi connectivity index (χ3v) is 8.44. The second-order valence-electron chi connectivity index (χ2n) is 9.18. The van der Waals surface area contributed by atoms with Gasteiger partial charge in [-0.1, -0.05) is 42.5 Å². The molecular formula is C28H36FN3O5S. The molecule has 0 aliphatic carbocycles. The summed E-state index contributed by atoms with van der Waals surface area (Å²) in [5, 5.41) is 0. The van der Waals surface area contributed by atoms with Gasteiger partial charge in [-0.05, 0) is 49.1 Å². The van der Waals surface area contributed by atoms with Gasteiger partial charge in [-0.15, -0.1) is 0 Å². The van der Waals surface area contributed by atoms with Gasteiger partial charge in [0, 0.05) is 45.4 Å². The van der Waals surface area contributed by atoms with Crippen LogP contribution < -0.4 is 0 Å². The van der Waals surface area contributed by atoms with Crippen LogP contribution >= 0.6 is 0 Å². The van der Waals surface area contributed by atoms with Crippen molar-refractivity contribution in [3.05, 3.63) is 77.6 Å². The number of sulfonamides is 1. The Morgan fingerprint density at radius 2 is 1.82 bits per heavy atom. The summed E-state index contributed by atoms with van der Waals surface area (Å²) >= 11 is 0. The number of benzene rings is 2. The molecule has 0 N–H and O–H groups in total. The molecule has 38 heavy (non-hydrogen) atoms. The molecule has 3 rings (SSSR count). The van der Waals surface area contributed by atoms with Crippen molar-refractivity contribution < 1.29 is 27.1 Å². The molecule has 8 nitrogen and oxygen atoms in total. The fraction of sp³-hybridized carbons (Fsp3) is 0.429. The number of halogens is 1. The Morgan fingerprint density at radius 3 is 2.45 bits per heavy atom. The first-order valence-corrected chi connectivity index (χ1v) is 14.4. The van der Waals surface area contributed by atoms with E-state index in [0.29, 0.717) is 31.5 Å². The van der Waals surface area contributed by atoms with Crippen molar-refractivity contribution in [1.82, 2.24) is 14.1 Å². The third kappa shape index (κ3) is 8.47. The maximum atomic E-state index is 13.9. The number of carbonyl (C=O) groups is 2. The van der Waals surface area contributed by atoms with Gasteiger partial charge >= 0.3 is 0 Å². The highest BCUT2D eigenvalue weighted by Crippen LogP contribution is 2.21. The molecule has 1 aliphatic rings. The van der Waals surface area contributed by atoms with Crippen molar-refractivity contribution in [2.75, 3.05) is 45.6 Å². The minimum absolute atomic E-state index is 0.0624. The predicted octanol–water partition coefficient (Wildman–Crippen LogP) is 3.16. The summed E-state index contributed by atoms with van der Waals surface area (Å²) in [5.41, 5.74) is 1.55. The second-order valence-corrected chi connectivity index (χ2v) is 11.4. The number of nitrogens with zero attached hydrogens (tertiary/aromatic N) is 3. The highest BCUT2D eigenvalue weighted by Gasteiger charge is 2.32. The summed E-state index contributed by atoms with van der Waals surface area (Å²) in [7, 11) is -2.16. The first-order chi connectivity index (χ1) is 18.2. The van der Waals surface area contributed by atoms with Crippen LogP contribution in [0.1, 0.15) is 30.9 Å². The number of methoxy groups -OCH3 is 1. The third-order valence-electron chi connectivity index (χ3n) is 6.61. The quantitative estimate of drug-likeness (QED) is 0.383. The maximum absolute atomic E-state index is 13.9. The molecule has 1 saturated heterocycles. The van der Waals surface area contributed by atoms with Crippen LogP contribution in [0.4, 0.5) is 4.39 Å². The van der Waals surface area contributed by atoms with Gasteiger partial charge in [-0.3, -0.25) is 9.59 Å². The SMILES string of the molecule is CCS(=O)(=O)N(CCOC)CC(=O)N(Cc1cccc(F)c1)C1CCN(C(=O)C=Cc2ccccc2)CC1. The molecule has 10 heteroatoms. The van der Waals surface area contributed by atoms with Crippen LogP contribution in [0.2, 0.25) is 0 Å². The first kappa shape index (κ1) is 29.5. The molecule has 0 aromatic heterocycles. The lowest BCUT2D eigenvalue weighted by molar-refractivity contribution is -0.136.